The SMILES string of the molecule is COC(=O)NC(=O)[C@H](C)Sc1nc(C)cc(N)n1. The van der Waals surface area contributed by atoms with Gasteiger partial charge in [-0.05, 0) is 13.8 Å². The average molecular weight is 270 g/mol. The van der Waals surface area contributed by atoms with Crippen molar-refractivity contribution in [2.75, 3.05) is 12.8 Å². The van der Waals surface area contributed by atoms with E-state index in [2.05, 4.69) is 20.0 Å². The van der Waals surface area contributed by atoms with Crippen LogP contribution in [0.5, 0.6) is 0 Å². The molecule has 0 bridgehead atoms. The van der Waals surface area contributed by atoms with Crippen molar-refractivity contribution in [3.05, 3.63) is 11.8 Å². The summed E-state index contributed by atoms with van der Waals surface area (Å²) in [5, 5.41) is 1.92. The molecule has 0 spiro atoms. The Kier molecular flexibility index (Phi) is 4.90. The van der Waals surface area contributed by atoms with Gasteiger partial charge in [0.25, 0.3) is 0 Å². The van der Waals surface area contributed by atoms with Crippen LogP contribution in [0, 0.1) is 6.92 Å². The third kappa shape index (κ3) is 4.21. The molecule has 0 radical (unpaired) electrons. The number of nitrogens with zero attached hydrogens (tertiary/aromatic N) is 2. The molecule has 3 N–H and O–H groups in total. The lowest BCUT2D eigenvalue weighted by atomic mass is 10.4. The number of imide groups is 1. The number of rotatable bonds is 3. The van der Waals surface area contributed by atoms with Crippen molar-refractivity contribution in [1.82, 2.24) is 15.3 Å². The number of methoxy groups -OCH3 is 1. The first-order valence-electron chi connectivity index (χ1n) is 5.09. The number of nitrogen functional groups attached to an aromatic ring is 1. The summed E-state index contributed by atoms with van der Waals surface area (Å²) in [5.74, 6) is -0.138. The fourth-order valence-corrected chi connectivity index (χ4v) is 1.92. The van der Waals surface area contributed by atoms with Gasteiger partial charge >= 0.3 is 6.09 Å². The fourth-order valence-electron chi connectivity index (χ4n) is 1.08. The number of aryl methyl sites for hydroxylation is 1. The van der Waals surface area contributed by atoms with E-state index >= 15 is 0 Å². The Bertz CT molecular complexity index is 446. The zero-order valence-electron chi connectivity index (χ0n) is 10.3. The van der Waals surface area contributed by atoms with Crippen molar-refractivity contribution in [1.29, 1.82) is 0 Å². The molecular formula is C10H14N4O3S. The number of aromatic nitrogens is 2. The maximum atomic E-state index is 11.6. The Balaban J connectivity index is 2.66. The molecule has 0 aliphatic heterocycles. The number of alkyl carbamates (subject to hydrolysis) is 1. The van der Waals surface area contributed by atoms with Gasteiger partial charge in [0.15, 0.2) is 5.16 Å². The van der Waals surface area contributed by atoms with Gasteiger partial charge in [-0.15, -0.1) is 0 Å². The number of hydrogen-bond acceptors (Lipinski definition) is 7. The number of ether oxygens (including phenoxy) is 1. The van der Waals surface area contributed by atoms with E-state index in [9.17, 15) is 9.59 Å². The molecule has 2 amide bonds. The van der Waals surface area contributed by atoms with E-state index in [0.29, 0.717) is 16.7 Å². The zero-order valence-corrected chi connectivity index (χ0v) is 11.1. The molecule has 1 rings (SSSR count). The number of amides is 2. The van der Waals surface area contributed by atoms with E-state index in [-0.39, 0.29) is 0 Å². The number of anilines is 1. The van der Waals surface area contributed by atoms with Crippen molar-refractivity contribution < 1.29 is 14.3 Å². The van der Waals surface area contributed by atoms with E-state index in [4.69, 9.17) is 5.73 Å². The van der Waals surface area contributed by atoms with Crippen LogP contribution in [0.4, 0.5) is 10.6 Å². The van der Waals surface area contributed by atoms with Gasteiger partial charge in [-0.1, -0.05) is 11.8 Å². The Morgan fingerprint density at radius 1 is 1.50 bits per heavy atom. The van der Waals surface area contributed by atoms with Gasteiger partial charge in [-0.2, -0.15) is 0 Å². The van der Waals surface area contributed by atoms with Crippen LogP contribution in [-0.2, 0) is 9.53 Å². The summed E-state index contributed by atoms with van der Waals surface area (Å²) in [6.45, 7) is 3.41. The first kappa shape index (κ1) is 14.2. The number of carbonyl (C=O) groups is 2. The van der Waals surface area contributed by atoms with Crippen molar-refractivity contribution in [2.45, 2.75) is 24.3 Å². The van der Waals surface area contributed by atoms with Crippen LogP contribution in [0.25, 0.3) is 0 Å². The zero-order chi connectivity index (χ0) is 13.7. The summed E-state index contributed by atoms with van der Waals surface area (Å²) < 4.78 is 4.33. The molecule has 0 saturated heterocycles. The summed E-state index contributed by atoms with van der Waals surface area (Å²) in [6, 6.07) is 1.63. The molecule has 1 aromatic heterocycles. The first-order valence-corrected chi connectivity index (χ1v) is 5.97. The lowest BCUT2D eigenvalue weighted by Gasteiger charge is -2.09. The minimum Gasteiger partial charge on any atom is -0.453 e. The van der Waals surface area contributed by atoms with E-state index in [1.165, 1.54) is 7.11 Å². The second-order valence-electron chi connectivity index (χ2n) is 3.46. The molecule has 1 heterocycles. The van der Waals surface area contributed by atoms with Crippen LogP contribution in [0.1, 0.15) is 12.6 Å². The molecule has 0 aliphatic rings. The van der Waals surface area contributed by atoms with Gasteiger partial charge in [0.1, 0.15) is 5.82 Å². The highest BCUT2D eigenvalue weighted by Crippen LogP contribution is 2.20. The average Bonchev–Trinajstić information content (AvgIpc) is 2.27. The molecule has 0 aliphatic carbocycles. The van der Waals surface area contributed by atoms with Crippen molar-refractivity contribution in [2.24, 2.45) is 0 Å². The summed E-state index contributed by atoms with van der Waals surface area (Å²) in [5.41, 5.74) is 6.29. The van der Waals surface area contributed by atoms with Gasteiger partial charge in [-0.3, -0.25) is 10.1 Å². The molecule has 0 aromatic carbocycles. The van der Waals surface area contributed by atoms with E-state index in [0.717, 1.165) is 11.8 Å². The van der Waals surface area contributed by atoms with Crippen LogP contribution >= 0.6 is 11.8 Å². The quantitative estimate of drug-likeness (QED) is 0.615. The third-order valence-electron chi connectivity index (χ3n) is 1.92. The molecule has 8 heteroatoms. The van der Waals surface area contributed by atoms with Gasteiger partial charge in [0.2, 0.25) is 5.91 Å². The van der Waals surface area contributed by atoms with Crippen LogP contribution in [0.15, 0.2) is 11.2 Å². The van der Waals surface area contributed by atoms with Crippen molar-refractivity contribution >= 4 is 29.6 Å². The predicted molar refractivity (Wildman–Crippen MR) is 67.0 cm³/mol. The fraction of sp³-hybridized carbons (Fsp3) is 0.400. The van der Waals surface area contributed by atoms with Crippen LogP contribution in [-0.4, -0.2) is 34.3 Å². The molecule has 0 saturated carbocycles. The maximum absolute atomic E-state index is 11.6. The van der Waals surface area contributed by atoms with Crippen molar-refractivity contribution in [3.63, 3.8) is 0 Å². The second-order valence-corrected chi connectivity index (χ2v) is 4.77. The van der Waals surface area contributed by atoms with Crippen LogP contribution in [0.3, 0.4) is 0 Å². The molecule has 1 atom stereocenters. The molecule has 18 heavy (non-hydrogen) atoms. The highest BCUT2D eigenvalue weighted by molar-refractivity contribution is 8.00. The summed E-state index contributed by atoms with van der Waals surface area (Å²) in [4.78, 5) is 30.6. The summed E-state index contributed by atoms with van der Waals surface area (Å²) in [6.07, 6.45) is -0.794. The van der Waals surface area contributed by atoms with E-state index in [1.807, 2.05) is 0 Å². The highest BCUT2D eigenvalue weighted by Gasteiger charge is 2.18. The van der Waals surface area contributed by atoms with Crippen molar-refractivity contribution in [3.8, 4) is 0 Å². The Morgan fingerprint density at radius 3 is 2.72 bits per heavy atom. The predicted octanol–water partition coefficient (Wildman–Crippen LogP) is 0.730. The summed E-state index contributed by atoms with van der Waals surface area (Å²) >= 11 is 1.11. The minimum atomic E-state index is -0.794. The molecule has 0 fully saturated rings. The van der Waals surface area contributed by atoms with Gasteiger partial charge in [-0.25, -0.2) is 14.8 Å². The van der Waals surface area contributed by atoms with Gasteiger partial charge < -0.3 is 10.5 Å². The number of hydrogen-bond donors (Lipinski definition) is 2. The standard InChI is InChI=1S/C10H14N4O3S/c1-5-4-7(11)13-9(12-5)18-6(2)8(15)14-10(16)17-3/h4,6H,1-3H3,(H2,11,12,13)(H,14,15,16)/t6-/m0/s1. The minimum absolute atomic E-state index is 0.338. The second kappa shape index (κ2) is 6.20. The Hall–Kier alpha value is -1.83. The van der Waals surface area contributed by atoms with Gasteiger partial charge in [0.05, 0.1) is 12.4 Å². The highest BCUT2D eigenvalue weighted by atomic mass is 32.2. The van der Waals surface area contributed by atoms with E-state index < -0.39 is 17.3 Å². The molecule has 7 nitrogen and oxygen atoms in total. The molecule has 98 valence electrons. The number of nitrogens with two attached hydrogens (primary N) is 1. The lowest BCUT2D eigenvalue weighted by molar-refractivity contribution is -0.119. The monoisotopic (exact) mass is 270 g/mol. The molecule has 0 unspecified atom stereocenters. The first-order chi connectivity index (χ1) is 8.42. The maximum Gasteiger partial charge on any atom is 0.413 e. The lowest BCUT2D eigenvalue weighted by Crippen LogP contribution is -2.35. The Labute approximate surface area is 109 Å². The number of thioether (sulfide) groups is 1. The number of nitrogens with one attached hydrogen (secondary N) is 1. The smallest absolute Gasteiger partial charge is 0.413 e. The third-order valence-corrected chi connectivity index (χ3v) is 2.88. The topological polar surface area (TPSA) is 107 Å². The number of carbonyl (C=O) groups excluding carboxylic acids is 2. The molecule has 1 aromatic rings. The normalized spacial score (nSPS) is 11.7. The summed E-state index contributed by atoms with van der Waals surface area (Å²) in [7, 11) is 1.19. The van der Waals surface area contributed by atoms with Gasteiger partial charge in [0, 0.05) is 11.8 Å². The largest absolute Gasteiger partial charge is 0.453 e. The van der Waals surface area contributed by atoms with Crippen LogP contribution < -0.4 is 11.1 Å². The van der Waals surface area contributed by atoms with E-state index in [1.54, 1.807) is 19.9 Å². The Morgan fingerprint density at radius 2 is 2.17 bits per heavy atom. The van der Waals surface area contributed by atoms with Crippen LogP contribution in [0.2, 0.25) is 0 Å². The molecular weight excluding hydrogens is 256 g/mol.